The van der Waals surface area contributed by atoms with Crippen LogP contribution in [0.1, 0.15) is 22.0 Å². The molecule has 0 fully saturated rings. The lowest BCUT2D eigenvalue weighted by Crippen LogP contribution is -2.29. The van der Waals surface area contributed by atoms with Gasteiger partial charge in [0.05, 0.1) is 18.8 Å². The summed E-state index contributed by atoms with van der Waals surface area (Å²) in [5.74, 6) is 0.665. The molecule has 0 radical (unpaired) electrons. The Balaban J connectivity index is 2.05. The molecule has 0 bridgehead atoms. The molecule has 0 spiro atoms. The number of hydrogen-bond donors (Lipinski definition) is 1. The molecule has 0 saturated heterocycles. The summed E-state index contributed by atoms with van der Waals surface area (Å²) in [7, 11) is 3.25. The first-order valence-corrected chi connectivity index (χ1v) is 7.93. The highest BCUT2D eigenvalue weighted by molar-refractivity contribution is 14.1. The maximum absolute atomic E-state index is 12.2. The van der Waals surface area contributed by atoms with Crippen molar-refractivity contribution in [2.45, 2.75) is 6.10 Å². The van der Waals surface area contributed by atoms with E-state index in [0.717, 1.165) is 14.9 Å². The van der Waals surface area contributed by atoms with Crippen LogP contribution in [0.3, 0.4) is 0 Å². The third-order valence-corrected chi connectivity index (χ3v) is 4.26. The third kappa shape index (κ3) is 4.20. The Morgan fingerprint density at radius 3 is 2.64 bits per heavy atom. The van der Waals surface area contributed by atoms with E-state index in [4.69, 9.17) is 9.47 Å². The van der Waals surface area contributed by atoms with E-state index in [-0.39, 0.29) is 12.0 Å². The molecular formula is C17H18INO3. The van der Waals surface area contributed by atoms with Crippen LogP contribution in [0.15, 0.2) is 48.5 Å². The van der Waals surface area contributed by atoms with Crippen LogP contribution in [0.25, 0.3) is 0 Å². The van der Waals surface area contributed by atoms with Gasteiger partial charge in [0, 0.05) is 17.2 Å². The standard InChI is InChI=1S/C17H18INO3/c1-21-13-7-5-6-12(10-13)16(22-2)11-19-17(20)14-8-3-4-9-15(14)18/h3-10,16H,11H2,1-2H3,(H,19,20). The molecule has 1 N–H and O–H groups in total. The summed E-state index contributed by atoms with van der Waals surface area (Å²) in [4.78, 5) is 12.2. The summed E-state index contributed by atoms with van der Waals surface area (Å²) in [6, 6.07) is 15.1. The predicted molar refractivity (Wildman–Crippen MR) is 94.2 cm³/mol. The number of halogens is 1. The third-order valence-electron chi connectivity index (χ3n) is 3.32. The van der Waals surface area contributed by atoms with E-state index in [1.54, 1.807) is 14.2 Å². The molecule has 2 rings (SSSR count). The second-order valence-corrected chi connectivity index (χ2v) is 5.85. The van der Waals surface area contributed by atoms with Gasteiger partial charge in [0.25, 0.3) is 5.91 Å². The fourth-order valence-electron chi connectivity index (χ4n) is 2.11. The minimum Gasteiger partial charge on any atom is -0.497 e. The van der Waals surface area contributed by atoms with E-state index in [2.05, 4.69) is 27.9 Å². The molecule has 22 heavy (non-hydrogen) atoms. The number of ether oxygens (including phenoxy) is 2. The number of carbonyl (C=O) groups is 1. The number of rotatable bonds is 6. The summed E-state index contributed by atoms with van der Waals surface area (Å²) in [5.41, 5.74) is 1.63. The van der Waals surface area contributed by atoms with Gasteiger partial charge in [-0.15, -0.1) is 0 Å². The topological polar surface area (TPSA) is 47.6 Å². The fraction of sp³-hybridized carbons (Fsp3) is 0.235. The van der Waals surface area contributed by atoms with Crippen LogP contribution in [-0.2, 0) is 4.74 Å². The first-order valence-electron chi connectivity index (χ1n) is 6.85. The highest BCUT2D eigenvalue weighted by Gasteiger charge is 2.15. The molecule has 5 heteroatoms. The Morgan fingerprint density at radius 1 is 1.18 bits per heavy atom. The van der Waals surface area contributed by atoms with Crippen LogP contribution in [0.2, 0.25) is 0 Å². The van der Waals surface area contributed by atoms with Gasteiger partial charge in [-0.05, 0) is 52.4 Å². The van der Waals surface area contributed by atoms with Gasteiger partial charge in [-0.3, -0.25) is 4.79 Å². The maximum Gasteiger partial charge on any atom is 0.252 e. The largest absolute Gasteiger partial charge is 0.497 e. The van der Waals surface area contributed by atoms with Gasteiger partial charge in [-0.2, -0.15) is 0 Å². The van der Waals surface area contributed by atoms with Crippen molar-refractivity contribution in [2.24, 2.45) is 0 Å². The molecule has 0 aromatic heterocycles. The molecule has 0 aliphatic rings. The van der Waals surface area contributed by atoms with E-state index >= 15 is 0 Å². The van der Waals surface area contributed by atoms with Gasteiger partial charge in [-0.25, -0.2) is 0 Å². The number of hydrogen-bond acceptors (Lipinski definition) is 3. The van der Waals surface area contributed by atoms with Crippen molar-refractivity contribution in [3.8, 4) is 5.75 Å². The lowest BCUT2D eigenvalue weighted by molar-refractivity contribution is 0.0826. The molecular weight excluding hydrogens is 393 g/mol. The van der Waals surface area contributed by atoms with Crippen LogP contribution in [0.5, 0.6) is 5.75 Å². The lowest BCUT2D eigenvalue weighted by atomic mass is 10.1. The molecule has 1 amide bonds. The Hall–Kier alpha value is -1.60. The molecule has 0 saturated carbocycles. The summed E-state index contributed by atoms with van der Waals surface area (Å²) in [6.45, 7) is 0.396. The summed E-state index contributed by atoms with van der Waals surface area (Å²) < 4.78 is 11.6. The number of methoxy groups -OCH3 is 2. The lowest BCUT2D eigenvalue weighted by Gasteiger charge is -2.17. The van der Waals surface area contributed by atoms with E-state index in [1.807, 2.05) is 48.5 Å². The van der Waals surface area contributed by atoms with E-state index in [9.17, 15) is 4.79 Å². The van der Waals surface area contributed by atoms with Gasteiger partial charge in [0.2, 0.25) is 0 Å². The minimum absolute atomic E-state index is 0.102. The van der Waals surface area contributed by atoms with Gasteiger partial charge < -0.3 is 14.8 Å². The maximum atomic E-state index is 12.2. The zero-order valence-electron chi connectivity index (χ0n) is 12.5. The molecule has 116 valence electrons. The van der Waals surface area contributed by atoms with Crippen LogP contribution in [0, 0.1) is 3.57 Å². The molecule has 1 atom stereocenters. The molecule has 1 unspecified atom stereocenters. The molecule has 0 aliphatic heterocycles. The highest BCUT2D eigenvalue weighted by Crippen LogP contribution is 2.21. The normalized spacial score (nSPS) is 11.8. The van der Waals surface area contributed by atoms with Gasteiger partial charge in [0.15, 0.2) is 0 Å². The van der Waals surface area contributed by atoms with Gasteiger partial charge >= 0.3 is 0 Å². The quantitative estimate of drug-likeness (QED) is 0.742. The van der Waals surface area contributed by atoms with E-state index in [0.29, 0.717) is 12.1 Å². The highest BCUT2D eigenvalue weighted by atomic mass is 127. The van der Waals surface area contributed by atoms with Gasteiger partial charge in [0.1, 0.15) is 5.75 Å². The van der Waals surface area contributed by atoms with Crippen LogP contribution >= 0.6 is 22.6 Å². The molecule has 0 aliphatic carbocycles. The summed E-state index contributed by atoms with van der Waals surface area (Å²) in [6.07, 6.45) is -0.222. The van der Waals surface area contributed by atoms with Crippen molar-refractivity contribution in [1.82, 2.24) is 5.32 Å². The Kier molecular flexibility index (Phi) is 6.21. The van der Waals surface area contributed by atoms with Crippen LogP contribution in [-0.4, -0.2) is 26.7 Å². The molecule has 2 aromatic rings. The van der Waals surface area contributed by atoms with Gasteiger partial charge in [-0.1, -0.05) is 24.3 Å². The van der Waals surface area contributed by atoms with Crippen molar-refractivity contribution in [3.05, 3.63) is 63.2 Å². The smallest absolute Gasteiger partial charge is 0.252 e. The van der Waals surface area contributed by atoms with Crippen molar-refractivity contribution in [3.63, 3.8) is 0 Å². The molecule has 0 heterocycles. The first kappa shape index (κ1) is 16.8. The number of benzene rings is 2. The van der Waals surface area contributed by atoms with Crippen molar-refractivity contribution < 1.29 is 14.3 Å². The first-order chi connectivity index (χ1) is 10.7. The summed E-state index contributed by atoms with van der Waals surface area (Å²) >= 11 is 2.15. The fourth-order valence-corrected chi connectivity index (χ4v) is 2.74. The number of amides is 1. The van der Waals surface area contributed by atoms with Crippen LogP contribution < -0.4 is 10.1 Å². The Morgan fingerprint density at radius 2 is 1.95 bits per heavy atom. The monoisotopic (exact) mass is 411 g/mol. The van der Waals surface area contributed by atoms with Crippen molar-refractivity contribution in [2.75, 3.05) is 20.8 Å². The van der Waals surface area contributed by atoms with Crippen molar-refractivity contribution in [1.29, 1.82) is 0 Å². The zero-order chi connectivity index (χ0) is 15.9. The average Bonchev–Trinajstić information content (AvgIpc) is 2.56. The Bertz CT molecular complexity index is 645. The van der Waals surface area contributed by atoms with E-state index in [1.165, 1.54) is 0 Å². The minimum atomic E-state index is -0.222. The average molecular weight is 411 g/mol. The Labute approximate surface area is 144 Å². The number of nitrogens with one attached hydrogen (secondary N) is 1. The van der Waals surface area contributed by atoms with Crippen molar-refractivity contribution >= 4 is 28.5 Å². The number of carbonyl (C=O) groups excluding carboxylic acids is 1. The second kappa shape index (κ2) is 8.14. The zero-order valence-corrected chi connectivity index (χ0v) is 14.7. The summed E-state index contributed by atoms with van der Waals surface area (Å²) in [5, 5.41) is 2.92. The SMILES string of the molecule is COc1cccc(C(CNC(=O)c2ccccc2I)OC)c1. The molecule has 2 aromatic carbocycles. The second-order valence-electron chi connectivity index (χ2n) is 4.69. The van der Waals surface area contributed by atoms with E-state index < -0.39 is 0 Å². The van der Waals surface area contributed by atoms with Crippen LogP contribution in [0.4, 0.5) is 0 Å². The molecule has 4 nitrogen and oxygen atoms in total. The predicted octanol–water partition coefficient (Wildman–Crippen LogP) is 3.42.